The number of ketones is 1. The van der Waals surface area contributed by atoms with Crippen LogP contribution in [0.25, 0.3) is 10.8 Å². The third kappa shape index (κ3) is 2.93. The number of rotatable bonds is 2. The van der Waals surface area contributed by atoms with Crippen molar-refractivity contribution < 1.29 is 13.2 Å². The van der Waals surface area contributed by atoms with Crippen molar-refractivity contribution in [3.05, 3.63) is 77.4 Å². The summed E-state index contributed by atoms with van der Waals surface area (Å²) in [4.78, 5) is 12.8. The lowest BCUT2D eigenvalue weighted by atomic mass is 9.98. The summed E-state index contributed by atoms with van der Waals surface area (Å²) in [5, 5.41) is 2.00. The second-order valence-corrected chi connectivity index (χ2v) is 8.62. The second-order valence-electron chi connectivity index (χ2n) is 6.68. The highest BCUT2D eigenvalue weighted by Gasteiger charge is 2.29. The van der Waals surface area contributed by atoms with Gasteiger partial charge in [-0.1, -0.05) is 42.0 Å². The summed E-state index contributed by atoms with van der Waals surface area (Å²) in [6, 6.07) is 18.5. The first-order valence-corrected chi connectivity index (χ1v) is 10.0. The largest absolute Gasteiger partial charge is 0.294 e. The second kappa shape index (κ2) is 6.34. The molecule has 0 saturated heterocycles. The molecule has 5 heteroatoms. The van der Waals surface area contributed by atoms with E-state index >= 15 is 0 Å². The lowest BCUT2D eigenvalue weighted by molar-refractivity contribution is 0.0981. The number of benzene rings is 3. The van der Waals surface area contributed by atoms with Crippen molar-refractivity contribution in [2.45, 2.75) is 24.8 Å². The molecule has 1 heterocycles. The van der Waals surface area contributed by atoms with E-state index in [1.807, 2.05) is 43.3 Å². The van der Waals surface area contributed by atoms with Crippen LogP contribution in [0.5, 0.6) is 0 Å². The Bertz CT molecular complexity index is 1100. The van der Waals surface area contributed by atoms with Gasteiger partial charge in [-0.15, -0.1) is 0 Å². The Kier molecular flexibility index (Phi) is 4.13. The maximum atomic E-state index is 13.0. The lowest BCUT2D eigenvalue weighted by Crippen LogP contribution is -2.31. The minimum absolute atomic E-state index is 0.00707. The van der Waals surface area contributed by atoms with E-state index < -0.39 is 10.0 Å². The van der Waals surface area contributed by atoms with Gasteiger partial charge in [-0.05, 0) is 47.5 Å². The standard InChI is InChI=1S/C21H19NO3S/c1-15-6-8-19(9-7-15)26(24,25)22-11-10-21(23)20-13-17-5-3-2-4-16(17)12-18(20)14-22/h2-9,12-13H,10-11,14H2,1H3. The SMILES string of the molecule is Cc1ccc(S(=O)(=O)N2CCC(=O)c3cc4ccccc4cc3C2)cc1. The molecule has 0 radical (unpaired) electrons. The first-order chi connectivity index (χ1) is 12.4. The van der Waals surface area contributed by atoms with E-state index in [4.69, 9.17) is 0 Å². The number of hydrogen-bond acceptors (Lipinski definition) is 3. The summed E-state index contributed by atoms with van der Waals surface area (Å²) in [5.74, 6) is -0.00707. The fraction of sp³-hybridized carbons (Fsp3) is 0.190. The third-order valence-electron chi connectivity index (χ3n) is 4.87. The summed E-state index contributed by atoms with van der Waals surface area (Å²) >= 11 is 0. The Labute approximate surface area is 153 Å². The van der Waals surface area contributed by atoms with Gasteiger partial charge in [-0.25, -0.2) is 8.42 Å². The van der Waals surface area contributed by atoms with Gasteiger partial charge in [0.2, 0.25) is 10.0 Å². The Hall–Kier alpha value is -2.50. The molecule has 0 atom stereocenters. The number of nitrogens with zero attached hydrogens (tertiary/aromatic N) is 1. The van der Waals surface area contributed by atoms with Crippen LogP contribution in [0.3, 0.4) is 0 Å². The molecule has 1 aliphatic heterocycles. The minimum Gasteiger partial charge on any atom is -0.294 e. The quantitative estimate of drug-likeness (QED) is 0.691. The molecule has 1 aliphatic rings. The lowest BCUT2D eigenvalue weighted by Gasteiger charge is -2.20. The van der Waals surface area contributed by atoms with Crippen LogP contribution in [0.15, 0.2) is 65.6 Å². The molecule has 0 N–H and O–H groups in total. The number of sulfonamides is 1. The van der Waals surface area contributed by atoms with Crippen molar-refractivity contribution in [3.8, 4) is 0 Å². The van der Waals surface area contributed by atoms with E-state index in [1.54, 1.807) is 24.3 Å². The Morgan fingerprint density at radius 3 is 2.27 bits per heavy atom. The average Bonchev–Trinajstić information content (AvgIpc) is 2.80. The molecular weight excluding hydrogens is 346 g/mol. The van der Waals surface area contributed by atoms with Crippen LogP contribution >= 0.6 is 0 Å². The predicted octanol–water partition coefficient (Wildman–Crippen LogP) is 3.93. The van der Waals surface area contributed by atoms with E-state index in [2.05, 4.69) is 0 Å². The number of fused-ring (bicyclic) bond motifs is 2. The van der Waals surface area contributed by atoms with Gasteiger partial charge in [0, 0.05) is 25.1 Å². The van der Waals surface area contributed by atoms with Crippen LogP contribution in [-0.2, 0) is 16.6 Å². The molecule has 0 bridgehead atoms. The first kappa shape index (κ1) is 16.9. The molecule has 132 valence electrons. The Morgan fingerprint density at radius 2 is 1.58 bits per heavy atom. The number of carbonyl (C=O) groups is 1. The number of Topliss-reactive ketones (excluding diaryl/α,β-unsaturated/α-hetero) is 1. The summed E-state index contributed by atoms with van der Waals surface area (Å²) < 4.78 is 27.5. The number of hydrogen-bond donors (Lipinski definition) is 0. The highest BCUT2D eigenvalue weighted by atomic mass is 32.2. The molecule has 0 aromatic heterocycles. The molecule has 26 heavy (non-hydrogen) atoms. The maximum Gasteiger partial charge on any atom is 0.243 e. The maximum absolute atomic E-state index is 13.0. The van der Waals surface area contributed by atoms with E-state index in [0.717, 1.165) is 21.9 Å². The molecule has 0 unspecified atom stereocenters. The van der Waals surface area contributed by atoms with Gasteiger partial charge < -0.3 is 0 Å². The van der Waals surface area contributed by atoms with Crippen molar-refractivity contribution in [2.24, 2.45) is 0 Å². The van der Waals surface area contributed by atoms with E-state index in [-0.39, 0.29) is 30.2 Å². The fourth-order valence-electron chi connectivity index (χ4n) is 3.37. The summed E-state index contributed by atoms with van der Waals surface area (Å²) in [5.41, 5.74) is 2.40. The van der Waals surface area contributed by atoms with Crippen LogP contribution in [-0.4, -0.2) is 25.1 Å². The topological polar surface area (TPSA) is 54.5 Å². The van der Waals surface area contributed by atoms with E-state index in [9.17, 15) is 13.2 Å². The van der Waals surface area contributed by atoms with Gasteiger partial charge in [0.15, 0.2) is 5.78 Å². The molecule has 0 fully saturated rings. The molecule has 3 aromatic rings. The van der Waals surface area contributed by atoms with Crippen LogP contribution in [0.1, 0.15) is 27.9 Å². The third-order valence-corrected chi connectivity index (χ3v) is 6.73. The van der Waals surface area contributed by atoms with Crippen molar-refractivity contribution in [1.29, 1.82) is 0 Å². The normalized spacial score (nSPS) is 15.7. The first-order valence-electron chi connectivity index (χ1n) is 8.57. The van der Waals surface area contributed by atoms with Crippen molar-refractivity contribution in [3.63, 3.8) is 0 Å². The summed E-state index contributed by atoms with van der Waals surface area (Å²) in [6.45, 7) is 2.32. The smallest absolute Gasteiger partial charge is 0.243 e. The van der Waals surface area contributed by atoms with Gasteiger partial charge in [0.1, 0.15) is 0 Å². The van der Waals surface area contributed by atoms with Gasteiger partial charge in [0.25, 0.3) is 0 Å². The van der Waals surface area contributed by atoms with Gasteiger partial charge in [0.05, 0.1) is 4.90 Å². The number of aryl methyl sites for hydroxylation is 1. The number of carbonyl (C=O) groups excluding carboxylic acids is 1. The van der Waals surface area contributed by atoms with Crippen LogP contribution < -0.4 is 0 Å². The zero-order valence-corrected chi connectivity index (χ0v) is 15.3. The van der Waals surface area contributed by atoms with E-state index in [0.29, 0.717) is 5.56 Å². The molecule has 0 aliphatic carbocycles. The molecule has 0 saturated carbocycles. The molecule has 4 rings (SSSR count). The van der Waals surface area contributed by atoms with Crippen LogP contribution in [0.4, 0.5) is 0 Å². The Balaban J connectivity index is 1.78. The van der Waals surface area contributed by atoms with Crippen molar-refractivity contribution >= 4 is 26.6 Å². The van der Waals surface area contributed by atoms with Gasteiger partial charge >= 0.3 is 0 Å². The highest BCUT2D eigenvalue weighted by molar-refractivity contribution is 7.89. The zero-order valence-electron chi connectivity index (χ0n) is 14.5. The monoisotopic (exact) mass is 365 g/mol. The highest BCUT2D eigenvalue weighted by Crippen LogP contribution is 2.28. The van der Waals surface area contributed by atoms with Crippen LogP contribution in [0, 0.1) is 6.92 Å². The predicted molar refractivity (Wildman–Crippen MR) is 102 cm³/mol. The van der Waals surface area contributed by atoms with Crippen molar-refractivity contribution in [2.75, 3.05) is 6.54 Å². The molecule has 0 spiro atoms. The average molecular weight is 365 g/mol. The van der Waals surface area contributed by atoms with Gasteiger partial charge in [-0.2, -0.15) is 4.31 Å². The molecule has 3 aromatic carbocycles. The zero-order chi connectivity index (χ0) is 18.3. The van der Waals surface area contributed by atoms with Gasteiger partial charge in [-0.3, -0.25) is 4.79 Å². The summed E-state index contributed by atoms with van der Waals surface area (Å²) in [7, 11) is -3.64. The Morgan fingerprint density at radius 1 is 0.923 bits per heavy atom. The molecule has 4 nitrogen and oxygen atoms in total. The summed E-state index contributed by atoms with van der Waals surface area (Å²) in [6.07, 6.45) is 0.191. The molecular formula is C21H19NO3S. The van der Waals surface area contributed by atoms with Crippen molar-refractivity contribution in [1.82, 2.24) is 4.31 Å². The van der Waals surface area contributed by atoms with Crippen LogP contribution in [0.2, 0.25) is 0 Å². The fourth-order valence-corrected chi connectivity index (χ4v) is 4.79. The minimum atomic E-state index is -3.64. The van der Waals surface area contributed by atoms with E-state index in [1.165, 1.54) is 4.31 Å². The molecule has 0 amide bonds.